The molecule has 23 heavy (non-hydrogen) atoms. The van der Waals surface area contributed by atoms with Crippen LogP contribution in [0.4, 0.5) is 0 Å². The van der Waals surface area contributed by atoms with E-state index in [2.05, 4.69) is 6.58 Å². The lowest BCUT2D eigenvalue weighted by molar-refractivity contribution is 0.0734. The Morgan fingerprint density at radius 2 is 1.61 bits per heavy atom. The van der Waals surface area contributed by atoms with Gasteiger partial charge in [-0.3, -0.25) is 0 Å². The summed E-state index contributed by atoms with van der Waals surface area (Å²) in [5.74, 6) is 0.870. The molecule has 0 fully saturated rings. The fourth-order valence-corrected chi connectivity index (χ4v) is 1.90. The van der Waals surface area contributed by atoms with Crippen LogP contribution in [0.2, 0.25) is 0 Å². The van der Waals surface area contributed by atoms with Crippen LogP contribution in [0.5, 0.6) is 11.5 Å². The van der Waals surface area contributed by atoms with E-state index in [0.717, 1.165) is 18.6 Å². The molecule has 0 aliphatic rings. The summed E-state index contributed by atoms with van der Waals surface area (Å²) in [7, 11) is 0. The zero-order valence-corrected chi connectivity index (χ0v) is 12.9. The molecule has 0 atom stereocenters. The van der Waals surface area contributed by atoms with Crippen molar-refractivity contribution in [3.05, 3.63) is 73.0 Å². The normalized spacial score (nSPS) is 9.91. The second-order valence-corrected chi connectivity index (χ2v) is 4.82. The third kappa shape index (κ3) is 5.87. The Morgan fingerprint density at radius 3 is 2.30 bits per heavy atom. The summed E-state index contributed by atoms with van der Waals surface area (Å²) in [6.07, 6.45) is 3.24. The summed E-state index contributed by atoms with van der Waals surface area (Å²) in [5, 5.41) is 0. The van der Waals surface area contributed by atoms with Gasteiger partial charge in [0.25, 0.3) is 0 Å². The van der Waals surface area contributed by atoms with Crippen LogP contribution in [0, 0.1) is 0 Å². The van der Waals surface area contributed by atoms with Gasteiger partial charge in [0.05, 0.1) is 25.0 Å². The topological polar surface area (TPSA) is 44.8 Å². The number of unbranched alkanes of at least 4 members (excludes halogenated alkanes) is 1. The van der Waals surface area contributed by atoms with E-state index >= 15 is 0 Å². The van der Waals surface area contributed by atoms with Gasteiger partial charge in [0, 0.05) is 0 Å². The summed E-state index contributed by atoms with van der Waals surface area (Å²) in [6, 6.07) is 15.9. The Morgan fingerprint density at radius 1 is 0.913 bits per heavy atom. The second kappa shape index (κ2) is 9.30. The number of hydrogen-bond acceptors (Lipinski definition) is 4. The number of rotatable bonds is 9. The first-order valence-corrected chi connectivity index (χ1v) is 7.52. The van der Waals surface area contributed by atoms with Crippen molar-refractivity contribution in [2.45, 2.75) is 12.8 Å². The monoisotopic (exact) mass is 312 g/mol. The van der Waals surface area contributed by atoms with E-state index in [1.807, 2.05) is 18.2 Å². The molecule has 4 nitrogen and oxygen atoms in total. The lowest BCUT2D eigenvalue weighted by Crippen LogP contribution is -2.08. The highest BCUT2D eigenvalue weighted by molar-refractivity contribution is 5.91. The van der Waals surface area contributed by atoms with Gasteiger partial charge in [0.15, 0.2) is 0 Å². The molecule has 0 aliphatic carbocycles. The molecule has 0 saturated carbocycles. The first kappa shape index (κ1) is 16.6. The molecule has 120 valence electrons. The largest absolute Gasteiger partial charge is 0.502 e. The van der Waals surface area contributed by atoms with E-state index < -0.39 is 0 Å². The molecule has 0 saturated heterocycles. The highest BCUT2D eigenvalue weighted by atomic mass is 16.5. The molecule has 0 unspecified atom stereocenters. The lowest BCUT2D eigenvalue weighted by atomic mass is 10.2. The highest BCUT2D eigenvalue weighted by Crippen LogP contribution is 2.15. The van der Waals surface area contributed by atoms with Gasteiger partial charge in [-0.15, -0.1) is 0 Å². The maximum Gasteiger partial charge on any atom is 0.343 e. The van der Waals surface area contributed by atoms with E-state index in [9.17, 15) is 4.79 Å². The molecule has 4 heteroatoms. The van der Waals surface area contributed by atoms with Gasteiger partial charge in [-0.1, -0.05) is 24.8 Å². The van der Waals surface area contributed by atoms with Crippen LogP contribution in [-0.4, -0.2) is 19.2 Å². The van der Waals surface area contributed by atoms with Crippen LogP contribution in [0.1, 0.15) is 23.2 Å². The van der Waals surface area contributed by atoms with Crippen molar-refractivity contribution >= 4 is 5.97 Å². The number of ether oxygens (including phenoxy) is 3. The van der Waals surface area contributed by atoms with E-state index in [1.54, 1.807) is 36.4 Å². The minimum absolute atomic E-state index is 0.385. The predicted octanol–water partition coefficient (Wildman–Crippen LogP) is 4.22. The zero-order valence-electron chi connectivity index (χ0n) is 12.9. The molecule has 0 bridgehead atoms. The summed E-state index contributed by atoms with van der Waals surface area (Å²) >= 11 is 0. The van der Waals surface area contributed by atoms with Gasteiger partial charge in [-0.2, -0.15) is 0 Å². The van der Waals surface area contributed by atoms with Crippen molar-refractivity contribution in [2.24, 2.45) is 0 Å². The highest BCUT2D eigenvalue weighted by Gasteiger charge is 2.08. The maximum absolute atomic E-state index is 12.0. The first-order valence-electron chi connectivity index (χ1n) is 7.52. The fraction of sp³-hybridized carbons (Fsp3) is 0.211. The lowest BCUT2D eigenvalue weighted by Gasteiger charge is -2.07. The average Bonchev–Trinajstić information content (AvgIpc) is 2.59. The summed E-state index contributed by atoms with van der Waals surface area (Å²) in [6.45, 7) is 4.74. The van der Waals surface area contributed by atoms with Crippen LogP contribution in [0.25, 0.3) is 0 Å². The second-order valence-electron chi connectivity index (χ2n) is 4.82. The van der Waals surface area contributed by atoms with Crippen LogP contribution in [0.3, 0.4) is 0 Å². The number of carbonyl (C=O) groups is 1. The van der Waals surface area contributed by atoms with Crippen LogP contribution < -0.4 is 9.47 Å². The molecule has 0 aliphatic heterocycles. The number of hydrogen-bond donors (Lipinski definition) is 0. The van der Waals surface area contributed by atoms with Crippen LogP contribution in [-0.2, 0) is 4.74 Å². The van der Waals surface area contributed by atoms with Crippen molar-refractivity contribution in [2.75, 3.05) is 13.2 Å². The molecule has 0 spiro atoms. The van der Waals surface area contributed by atoms with Crippen molar-refractivity contribution in [3.8, 4) is 11.5 Å². The van der Waals surface area contributed by atoms with E-state index in [1.165, 1.54) is 6.26 Å². The molecule has 0 aromatic heterocycles. The van der Waals surface area contributed by atoms with Crippen molar-refractivity contribution in [3.63, 3.8) is 0 Å². The van der Waals surface area contributed by atoms with Crippen molar-refractivity contribution < 1.29 is 19.0 Å². The maximum atomic E-state index is 12.0. The number of carbonyl (C=O) groups excluding carboxylic acids is 1. The van der Waals surface area contributed by atoms with Crippen molar-refractivity contribution in [1.29, 1.82) is 0 Å². The zero-order chi connectivity index (χ0) is 16.3. The Hall–Kier alpha value is -2.75. The number of esters is 1. The van der Waals surface area contributed by atoms with Gasteiger partial charge in [-0.25, -0.2) is 4.79 Å². The predicted molar refractivity (Wildman–Crippen MR) is 88.7 cm³/mol. The Balaban J connectivity index is 1.77. The third-order valence-corrected chi connectivity index (χ3v) is 3.09. The van der Waals surface area contributed by atoms with E-state index in [4.69, 9.17) is 14.2 Å². The molecule has 0 N–H and O–H groups in total. The minimum Gasteiger partial charge on any atom is -0.502 e. The van der Waals surface area contributed by atoms with Crippen LogP contribution in [0.15, 0.2) is 67.4 Å². The summed E-state index contributed by atoms with van der Waals surface area (Å²) < 4.78 is 15.9. The van der Waals surface area contributed by atoms with Gasteiger partial charge >= 0.3 is 5.97 Å². The van der Waals surface area contributed by atoms with E-state index in [0.29, 0.717) is 24.5 Å². The quantitative estimate of drug-likeness (QED) is 0.301. The molecule has 0 heterocycles. The third-order valence-electron chi connectivity index (χ3n) is 3.09. The molecular formula is C19H20O4. The van der Waals surface area contributed by atoms with Gasteiger partial charge in [0.2, 0.25) is 0 Å². The average molecular weight is 312 g/mol. The smallest absolute Gasteiger partial charge is 0.343 e. The Labute approximate surface area is 136 Å². The van der Waals surface area contributed by atoms with Crippen molar-refractivity contribution in [1.82, 2.24) is 0 Å². The standard InChI is InChI=1S/C19H20O4/c1-2-21-14-6-7-15-22-17-12-10-16(11-13-17)19(20)23-18-8-4-3-5-9-18/h2-5,8-13H,1,6-7,14-15H2. The summed E-state index contributed by atoms with van der Waals surface area (Å²) in [5.41, 5.74) is 0.487. The van der Waals surface area contributed by atoms with Gasteiger partial charge < -0.3 is 14.2 Å². The molecule has 0 radical (unpaired) electrons. The molecule has 2 aromatic rings. The van der Waals surface area contributed by atoms with E-state index in [-0.39, 0.29) is 5.97 Å². The Kier molecular flexibility index (Phi) is 6.72. The fourth-order valence-electron chi connectivity index (χ4n) is 1.90. The number of benzene rings is 2. The molecular weight excluding hydrogens is 292 g/mol. The SMILES string of the molecule is C=COCCCCOc1ccc(C(=O)Oc2ccccc2)cc1. The van der Waals surface area contributed by atoms with Crippen LogP contribution >= 0.6 is 0 Å². The molecule has 2 aromatic carbocycles. The first-order chi connectivity index (χ1) is 11.3. The summed E-state index contributed by atoms with van der Waals surface area (Å²) in [4.78, 5) is 12.0. The molecule has 2 rings (SSSR count). The Bertz CT molecular complexity index is 605. The molecule has 0 amide bonds. The number of para-hydroxylation sites is 1. The van der Waals surface area contributed by atoms with Gasteiger partial charge in [-0.05, 0) is 49.2 Å². The van der Waals surface area contributed by atoms with Gasteiger partial charge in [0.1, 0.15) is 11.5 Å². The minimum atomic E-state index is -0.385.